The molecule has 2 aliphatic heterocycles. The molecule has 0 aliphatic carbocycles. The third-order valence-electron chi connectivity index (χ3n) is 6.27. The third kappa shape index (κ3) is 7.06. The van der Waals surface area contributed by atoms with Gasteiger partial charge < -0.3 is 59.8 Å². The first-order chi connectivity index (χ1) is 19.1. The van der Waals surface area contributed by atoms with Crippen LogP contribution in [0.2, 0.25) is 0 Å². The number of hydrogen-bond donors (Lipinski definition) is 8. The maximum Gasteiger partial charge on any atom is 0.346 e. The molecule has 0 bridgehead atoms. The highest BCUT2D eigenvalue weighted by atomic mass is 16.8. The van der Waals surface area contributed by atoms with Crippen LogP contribution in [0.3, 0.4) is 0 Å². The van der Waals surface area contributed by atoms with E-state index in [-0.39, 0.29) is 0 Å². The van der Waals surface area contributed by atoms with Crippen molar-refractivity contribution in [2.24, 2.45) is 0 Å². The molecule has 14 nitrogen and oxygen atoms in total. The van der Waals surface area contributed by atoms with Crippen LogP contribution in [-0.4, -0.2) is 127 Å². The Hall–Kier alpha value is -2.86. The predicted octanol–water partition coefficient (Wildman–Crippen LogP) is -2.71. The van der Waals surface area contributed by atoms with Crippen LogP contribution in [0.4, 0.5) is 0 Å². The summed E-state index contributed by atoms with van der Waals surface area (Å²) in [5.41, 5.74) is 0.716. The van der Waals surface area contributed by atoms with Crippen LogP contribution in [0.1, 0.15) is 20.7 Å². The van der Waals surface area contributed by atoms with Crippen molar-refractivity contribution in [1.82, 2.24) is 0 Å². The minimum absolute atomic E-state index is 0.358. The van der Waals surface area contributed by atoms with E-state index < -0.39 is 86.6 Å². The van der Waals surface area contributed by atoms with Crippen molar-refractivity contribution >= 4 is 11.9 Å². The zero-order valence-electron chi connectivity index (χ0n) is 21.0. The van der Waals surface area contributed by atoms with Gasteiger partial charge in [-0.3, -0.25) is 0 Å². The molecule has 40 heavy (non-hydrogen) atoms. The molecule has 2 aromatic carbocycles. The Morgan fingerprint density at radius 3 is 1.62 bits per heavy atom. The summed E-state index contributed by atoms with van der Waals surface area (Å²) in [5.74, 6) is -3.50. The summed E-state index contributed by atoms with van der Waals surface area (Å²) in [7, 11) is 0. The number of carbonyl (C=O) groups is 2. The van der Waals surface area contributed by atoms with Gasteiger partial charge in [-0.2, -0.15) is 0 Å². The molecule has 0 amide bonds. The summed E-state index contributed by atoms with van der Waals surface area (Å²) >= 11 is 0. The Bertz CT molecular complexity index is 1030. The van der Waals surface area contributed by atoms with Gasteiger partial charge in [0, 0.05) is 0 Å². The number of aliphatic hydroxyl groups excluding tert-OH is 8. The molecule has 3 unspecified atom stereocenters. The van der Waals surface area contributed by atoms with Crippen molar-refractivity contribution in [1.29, 1.82) is 0 Å². The van der Waals surface area contributed by atoms with Crippen LogP contribution < -0.4 is 0 Å². The maximum absolute atomic E-state index is 11.6. The molecule has 14 heteroatoms. The van der Waals surface area contributed by atoms with Gasteiger partial charge in [-0.1, -0.05) is 36.4 Å². The van der Waals surface area contributed by atoms with Crippen LogP contribution in [0.15, 0.2) is 60.7 Å². The quantitative estimate of drug-likeness (QED) is 0.125. The van der Waals surface area contributed by atoms with Gasteiger partial charge in [0.05, 0.1) is 24.3 Å². The highest BCUT2D eigenvalue weighted by Gasteiger charge is 2.58. The normalized spacial score (nSPS) is 33.5. The van der Waals surface area contributed by atoms with Gasteiger partial charge in [0.2, 0.25) is 5.79 Å². The maximum atomic E-state index is 11.6. The summed E-state index contributed by atoms with van der Waals surface area (Å²) in [6.45, 7) is -2.32. The summed E-state index contributed by atoms with van der Waals surface area (Å²) in [5, 5.41) is 76.7. The standard InChI is InChI=1S/C14H10O3.C12H22O11/c15-13(11-7-3-1-4-8-11)17-14(16)12-9-5-2-6-10-12;13-1-4-6(16)8(18)9(19)11(21-4)23-12(3-15)10(20)7(17)5(2-14)22-12/h1-10H;4-11,13-20H,1-3H2/t;4?,5-,6-,7?,8-,9?,10-,11-,12+/m.1/s1. The Morgan fingerprint density at radius 1 is 0.700 bits per heavy atom. The van der Waals surface area contributed by atoms with Crippen molar-refractivity contribution < 1.29 is 69.4 Å². The molecule has 2 aromatic rings. The minimum Gasteiger partial charge on any atom is -0.394 e. The van der Waals surface area contributed by atoms with Crippen molar-refractivity contribution in [2.75, 3.05) is 19.8 Å². The zero-order chi connectivity index (χ0) is 29.4. The van der Waals surface area contributed by atoms with Crippen molar-refractivity contribution in [2.45, 2.75) is 54.8 Å². The molecule has 8 N–H and O–H groups in total. The Kier molecular flexibility index (Phi) is 11.2. The molecule has 2 saturated heterocycles. The van der Waals surface area contributed by atoms with E-state index in [1.807, 2.05) is 0 Å². The highest BCUT2D eigenvalue weighted by Crippen LogP contribution is 2.35. The fourth-order valence-electron chi connectivity index (χ4n) is 3.98. The van der Waals surface area contributed by atoms with Crippen molar-refractivity contribution in [3.05, 3.63) is 71.8 Å². The second-order valence-electron chi connectivity index (χ2n) is 8.97. The van der Waals surface area contributed by atoms with Crippen LogP contribution in [0.5, 0.6) is 0 Å². The van der Waals surface area contributed by atoms with Crippen molar-refractivity contribution in [3.63, 3.8) is 0 Å². The first-order valence-corrected chi connectivity index (χ1v) is 12.2. The number of esters is 2. The molecule has 0 spiro atoms. The lowest BCUT2D eigenvalue weighted by molar-refractivity contribution is -0.383. The number of ether oxygens (including phenoxy) is 4. The second kappa shape index (κ2) is 14.2. The van der Waals surface area contributed by atoms with E-state index in [0.29, 0.717) is 11.1 Å². The number of hydrogen-bond acceptors (Lipinski definition) is 14. The van der Waals surface area contributed by atoms with E-state index in [4.69, 9.17) is 29.2 Å². The number of aliphatic hydroxyl groups is 8. The van der Waals surface area contributed by atoms with E-state index in [0.717, 1.165) is 0 Å². The van der Waals surface area contributed by atoms with Gasteiger partial charge in [-0.15, -0.1) is 0 Å². The average Bonchev–Trinajstić information content (AvgIpc) is 3.23. The molecule has 2 heterocycles. The van der Waals surface area contributed by atoms with E-state index in [1.54, 1.807) is 60.7 Å². The Balaban J connectivity index is 0.000000230. The number of rotatable bonds is 7. The Morgan fingerprint density at radius 2 is 1.20 bits per heavy atom. The smallest absolute Gasteiger partial charge is 0.346 e. The topological polar surface area (TPSA) is 233 Å². The number of carbonyl (C=O) groups excluding carboxylic acids is 2. The predicted molar refractivity (Wildman–Crippen MR) is 131 cm³/mol. The fraction of sp³-hybridized carbons (Fsp3) is 0.462. The summed E-state index contributed by atoms with van der Waals surface area (Å²) in [6, 6.07) is 16.8. The summed E-state index contributed by atoms with van der Waals surface area (Å²) in [6.07, 6.45) is -12.7. The van der Waals surface area contributed by atoms with Gasteiger partial charge >= 0.3 is 11.9 Å². The molecule has 0 radical (unpaired) electrons. The second-order valence-corrected chi connectivity index (χ2v) is 8.97. The molecule has 220 valence electrons. The first-order valence-electron chi connectivity index (χ1n) is 12.2. The Labute approximate surface area is 228 Å². The molecule has 2 fully saturated rings. The average molecular weight is 569 g/mol. The van der Waals surface area contributed by atoms with Crippen LogP contribution in [0.25, 0.3) is 0 Å². The molecule has 2 aliphatic rings. The monoisotopic (exact) mass is 568 g/mol. The molecular formula is C26H32O14. The van der Waals surface area contributed by atoms with Gasteiger partial charge in [0.1, 0.15) is 49.3 Å². The van der Waals surface area contributed by atoms with Gasteiger partial charge in [0.25, 0.3) is 0 Å². The summed E-state index contributed by atoms with van der Waals surface area (Å²) < 4.78 is 20.2. The fourth-order valence-corrected chi connectivity index (χ4v) is 3.98. The molecular weight excluding hydrogens is 536 g/mol. The zero-order valence-corrected chi connectivity index (χ0v) is 21.0. The first kappa shape index (κ1) is 31.7. The van der Waals surface area contributed by atoms with Gasteiger partial charge in [0.15, 0.2) is 6.29 Å². The van der Waals surface area contributed by atoms with E-state index >= 15 is 0 Å². The molecule has 0 aromatic heterocycles. The van der Waals surface area contributed by atoms with E-state index in [1.165, 1.54) is 0 Å². The lowest BCUT2D eigenvalue weighted by Crippen LogP contribution is -2.62. The van der Waals surface area contributed by atoms with Gasteiger partial charge in [-0.25, -0.2) is 9.59 Å². The lowest BCUT2D eigenvalue weighted by atomic mass is 9.99. The van der Waals surface area contributed by atoms with Gasteiger partial charge in [-0.05, 0) is 24.3 Å². The van der Waals surface area contributed by atoms with Crippen LogP contribution >= 0.6 is 0 Å². The lowest BCUT2D eigenvalue weighted by Gasteiger charge is -2.43. The molecule has 0 saturated carbocycles. The van der Waals surface area contributed by atoms with E-state index in [2.05, 4.69) is 0 Å². The molecule has 9 atom stereocenters. The van der Waals surface area contributed by atoms with Crippen LogP contribution in [0, 0.1) is 0 Å². The molecule has 4 rings (SSSR count). The van der Waals surface area contributed by atoms with E-state index in [9.17, 15) is 40.2 Å². The van der Waals surface area contributed by atoms with Crippen molar-refractivity contribution in [3.8, 4) is 0 Å². The largest absolute Gasteiger partial charge is 0.394 e. The summed E-state index contributed by atoms with van der Waals surface area (Å²) in [4.78, 5) is 23.2. The highest BCUT2D eigenvalue weighted by molar-refractivity contribution is 6.02. The SMILES string of the molecule is O=C(OC(=O)c1ccccc1)c1ccccc1.OCC1O[C@H](O[C@]2(CO)O[C@H](CO)C(O)[C@H]2O)C(O)[C@H](O)[C@@H]1O. The van der Waals surface area contributed by atoms with Crippen LogP contribution in [-0.2, 0) is 18.9 Å². The minimum atomic E-state index is -2.22. The third-order valence-corrected chi connectivity index (χ3v) is 6.27. The number of benzene rings is 2.